The molecule has 1 fully saturated rings. The molecular formula is C29H31N3O3S3. The van der Waals surface area contributed by atoms with Crippen molar-refractivity contribution in [2.24, 2.45) is 11.8 Å². The minimum absolute atomic E-state index is 0.233. The summed E-state index contributed by atoms with van der Waals surface area (Å²) < 4.78 is 29.2. The molecule has 0 spiro atoms. The summed E-state index contributed by atoms with van der Waals surface area (Å²) in [6.45, 7) is 5.26. The maximum absolute atomic E-state index is 13.3. The number of hydrogen-bond acceptors (Lipinski definition) is 6. The molecule has 38 heavy (non-hydrogen) atoms. The largest absolute Gasteiger partial charge is 0.313 e. The molecule has 0 bridgehead atoms. The van der Waals surface area contributed by atoms with Crippen LogP contribution in [0.15, 0.2) is 53.4 Å². The summed E-state index contributed by atoms with van der Waals surface area (Å²) in [7, 11) is -3.59. The molecule has 2 atom stereocenters. The number of anilines is 1. The zero-order chi connectivity index (χ0) is 26.4. The van der Waals surface area contributed by atoms with E-state index in [2.05, 4.69) is 25.2 Å². The van der Waals surface area contributed by atoms with E-state index < -0.39 is 10.0 Å². The van der Waals surface area contributed by atoms with Crippen LogP contribution in [0.2, 0.25) is 0 Å². The fourth-order valence-corrected chi connectivity index (χ4v) is 9.84. The van der Waals surface area contributed by atoms with Gasteiger partial charge in [-0.3, -0.25) is 4.79 Å². The van der Waals surface area contributed by atoms with Crippen LogP contribution in [-0.2, 0) is 22.9 Å². The van der Waals surface area contributed by atoms with Gasteiger partial charge < -0.3 is 5.32 Å². The van der Waals surface area contributed by atoms with Crippen molar-refractivity contribution < 1.29 is 13.2 Å². The van der Waals surface area contributed by atoms with Gasteiger partial charge in [0.15, 0.2) is 0 Å². The number of aromatic nitrogens is 1. The Labute approximate surface area is 231 Å². The molecule has 0 saturated carbocycles. The number of nitrogens with one attached hydrogen (secondary N) is 1. The molecule has 1 aliphatic carbocycles. The second kappa shape index (κ2) is 10.2. The van der Waals surface area contributed by atoms with Gasteiger partial charge in [-0.25, -0.2) is 13.4 Å². The Hall–Kier alpha value is -2.59. The first-order valence-electron chi connectivity index (χ1n) is 13.2. The molecule has 2 aliphatic rings. The molecule has 1 aliphatic heterocycles. The average molecular weight is 566 g/mol. The Morgan fingerprint density at radius 3 is 2.42 bits per heavy atom. The lowest BCUT2D eigenvalue weighted by Gasteiger charge is -2.34. The highest BCUT2D eigenvalue weighted by atomic mass is 32.2. The van der Waals surface area contributed by atoms with Crippen molar-refractivity contribution in [1.82, 2.24) is 9.29 Å². The van der Waals surface area contributed by atoms with Crippen molar-refractivity contribution in [3.8, 4) is 10.6 Å². The smallest absolute Gasteiger partial charge is 0.256 e. The first-order valence-corrected chi connectivity index (χ1v) is 16.3. The van der Waals surface area contributed by atoms with Crippen molar-refractivity contribution in [2.75, 3.05) is 18.4 Å². The molecule has 2 aromatic heterocycles. The van der Waals surface area contributed by atoms with E-state index in [1.54, 1.807) is 51.2 Å². The van der Waals surface area contributed by atoms with E-state index in [-0.39, 0.29) is 10.8 Å². The first-order chi connectivity index (χ1) is 18.3. The van der Waals surface area contributed by atoms with Gasteiger partial charge in [-0.05, 0) is 85.9 Å². The Balaban J connectivity index is 1.27. The maximum Gasteiger partial charge on any atom is 0.256 e. The zero-order valence-corrected chi connectivity index (χ0v) is 24.0. The van der Waals surface area contributed by atoms with Crippen molar-refractivity contribution in [1.29, 1.82) is 0 Å². The molecule has 1 saturated heterocycles. The van der Waals surface area contributed by atoms with Crippen LogP contribution in [0, 0.1) is 11.8 Å². The Morgan fingerprint density at radius 1 is 0.974 bits per heavy atom. The molecule has 1 amide bonds. The van der Waals surface area contributed by atoms with Crippen LogP contribution in [0.3, 0.4) is 0 Å². The third kappa shape index (κ3) is 4.81. The summed E-state index contributed by atoms with van der Waals surface area (Å²) in [4.78, 5) is 19.8. The van der Waals surface area contributed by atoms with Gasteiger partial charge in [0.05, 0.1) is 15.1 Å². The number of carbonyl (C=O) groups is 1. The average Bonchev–Trinajstić information content (AvgIpc) is 3.48. The third-order valence-corrected chi connectivity index (χ3v) is 11.6. The fourth-order valence-electron chi connectivity index (χ4n) is 5.76. The number of nitrogens with zero attached hydrogens (tertiary/aromatic N) is 2. The van der Waals surface area contributed by atoms with Crippen molar-refractivity contribution in [3.63, 3.8) is 0 Å². The number of piperidine rings is 1. The monoisotopic (exact) mass is 565 g/mol. The lowest BCUT2D eigenvalue weighted by atomic mass is 9.94. The van der Waals surface area contributed by atoms with Crippen LogP contribution in [0.25, 0.3) is 20.8 Å². The lowest BCUT2D eigenvalue weighted by Crippen LogP contribution is -2.42. The van der Waals surface area contributed by atoms with Crippen LogP contribution in [-0.4, -0.2) is 36.7 Å². The molecule has 198 valence electrons. The van der Waals surface area contributed by atoms with Crippen LogP contribution in [0.1, 0.15) is 53.9 Å². The van der Waals surface area contributed by atoms with Gasteiger partial charge in [0.2, 0.25) is 10.0 Å². The number of hydrogen-bond donors (Lipinski definition) is 1. The van der Waals surface area contributed by atoms with Gasteiger partial charge >= 0.3 is 0 Å². The second-order valence-corrected chi connectivity index (χ2v) is 14.7. The third-order valence-electron chi connectivity index (χ3n) is 7.50. The number of aryl methyl sites for hydroxylation is 1. The highest BCUT2D eigenvalue weighted by Gasteiger charge is 2.32. The van der Waals surface area contributed by atoms with Gasteiger partial charge in [-0.1, -0.05) is 26.0 Å². The van der Waals surface area contributed by atoms with E-state index in [1.165, 1.54) is 10.4 Å². The fraction of sp³-hybridized carbons (Fsp3) is 0.379. The van der Waals surface area contributed by atoms with Gasteiger partial charge in [0, 0.05) is 29.1 Å². The number of benzene rings is 2. The Bertz CT molecular complexity index is 1560. The van der Waals surface area contributed by atoms with Gasteiger partial charge in [-0.2, -0.15) is 4.31 Å². The molecule has 0 radical (unpaired) electrons. The SMILES string of the molecule is C[C@H]1C[C@H](C)CN(S(=O)(=O)c2ccc(C(=O)Nc3sc4c(c3-c3nc5ccccc5s3)CCCC4)cc2)C1. The molecule has 9 heteroatoms. The topological polar surface area (TPSA) is 79.4 Å². The number of thiazole rings is 1. The molecular weight excluding hydrogens is 535 g/mol. The lowest BCUT2D eigenvalue weighted by molar-refractivity contribution is 0.102. The van der Waals surface area contributed by atoms with E-state index in [1.807, 2.05) is 18.2 Å². The highest BCUT2D eigenvalue weighted by Crippen LogP contribution is 2.46. The molecule has 0 unspecified atom stereocenters. The maximum atomic E-state index is 13.3. The molecule has 6 nitrogen and oxygen atoms in total. The highest BCUT2D eigenvalue weighted by molar-refractivity contribution is 7.89. The number of rotatable bonds is 5. The van der Waals surface area contributed by atoms with E-state index in [0.717, 1.165) is 57.9 Å². The summed E-state index contributed by atoms with van der Waals surface area (Å²) in [5, 5.41) is 4.91. The van der Waals surface area contributed by atoms with Crippen LogP contribution in [0.5, 0.6) is 0 Å². The van der Waals surface area contributed by atoms with E-state index in [9.17, 15) is 13.2 Å². The van der Waals surface area contributed by atoms with Crippen LogP contribution in [0.4, 0.5) is 5.00 Å². The summed E-state index contributed by atoms with van der Waals surface area (Å²) >= 11 is 3.30. The molecule has 2 aromatic carbocycles. The summed E-state index contributed by atoms with van der Waals surface area (Å²) in [5.41, 5.74) is 3.76. The number of para-hydroxylation sites is 1. The van der Waals surface area contributed by atoms with Gasteiger partial charge in [-0.15, -0.1) is 22.7 Å². The van der Waals surface area contributed by atoms with Crippen molar-refractivity contribution >= 4 is 53.8 Å². The van der Waals surface area contributed by atoms with Crippen LogP contribution >= 0.6 is 22.7 Å². The number of thiophene rings is 1. The number of carbonyl (C=O) groups excluding carboxylic acids is 1. The predicted octanol–water partition coefficient (Wildman–Crippen LogP) is 6.82. The molecule has 4 aromatic rings. The minimum atomic E-state index is -3.59. The summed E-state index contributed by atoms with van der Waals surface area (Å²) in [6.07, 6.45) is 5.35. The predicted molar refractivity (Wildman–Crippen MR) is 156 cm³/mol. The van der Waals surface area contributed by atoms with E-state index in [4.69, 9.17) is 4.98 Å². The minimum Gasteiger partial charge on any atom is -0.313 e. The quantitative estimate of drug-likeness (QED) is 0.288. The number of fused-ring (bicyclic) bond motifs is 2. The molecule has 3 heterocycles. The van der Waals surface area contributed by atoms with Gasteiger partial charge in [0.1, 0.15) is 10.0 Å². The Kier molecular flexibility index (Phi) is 6.88. The van der Waals surface area contributed by atoms with Crippen molar-refractivity contribution in [3.05, 3.63) is 64.5 Å². The molecule has 6 rings (SSSR count). The summed E-state index contributed by atoms with van der Waals surface area (Å²) in [5.74, 6) is 0.426. The van der Waals surface area contributed by atoms with Gasteiger partial charge in [0.25, 0.3) is 5.91 Å². The van der Waals surface area contributed by atoms with E-state index >= 15 is 0 Å². The van der Waals surface area contributed by atoms with Crippen LogP contribution < -0.4 is 5.32 Å². The number of sulfonamides is 1. The summed E-state index contributed by atoms with van der Waals surface area (Å²) in [6, 6.07) is 14.5. The second-order valence-electron chi connectivity index (χ2n) is 10.6. The standard InChI is InChI=1S/C29H31N3O3S3/c1-18-15-19(2)17-32(16-18)38(34,35)21-13-11-20(12-14-21)27(33)31-29-26(22-7-3-5-9-24(22)36-29)28-30-23-8-4-6-10-25(23)37-28/h4,6,8,10-14,18-19H,3,5,7,9,15-17H2,1-2H3,(H,31,33)/t18-,19-/m0/s1. The number of amides is 1. The normalized spacial score (nSPS) is 20.4. The molecule has 1 N–H and O–H groups in total. The zero-order valence-electron chi connectivity index (χ0n) is 21.6. The Morgan fingerprint density at radius 2 is 1.68 bits per heavy atom. The van der Waals surface area contributed by atoms with Crippen molar-refractivity contribution in [2.45, 2.75) is 50.8 Å². The first kappa shape index (κ1) is 25.7. The van der Waals surface area contributed by atoms with E-state index in [0.29, 0.717) is 30.5 Å².